The Bertz CT molecular complexity index is 401. The van der Waals surface area contributed by atoms with Crippen molar-refractivity contribution in [2.75, 3.05) is 7.11 Å². The van der Waals surface area contributed by atoms with Crippen molar-refractivity contribution in [2.24, 2.45) is 0 Å². The standard InChI is InChI=1S/C14H20N2O2/c1-18-13-9-5-2-6-11(13)10-15-14(17)16-12-7-3-4-8-12/h2,5-6,9,12H,3-4,7-8,10H2,1H3,(H2,15,16,17). The van der Waals surface area contributed by atoms with E-state index in [9.17, 15) is 4.79 Å². The van der Waals surface area contributed by atoms with Gasteiger partial charge in [-0.1, -0.05) is 31.0 Å². The van der Waals surface area contributed by atoms with Crippen molar-refractivity contribution in [1.82, 2.24) is 10.6 Å². The predicted molar refractivity (Wildman–Crippen MR) is 70.6 cm³/mol. The number of ether oxygens (including phenoxy) is 1. The number of hydrogen-bond donors (Lipinski definition) is 2. The molecule has 0 radical (unpaired) electrons. The zero-order valence-corrected chi connectivity index (χ0v) is 10.7. The Morgan fingerprint density at radius 3 is 2.78 bits per heavy atom. The number of para-hydroxylation sites is 1. The average Bonchev–Trinajstić information content (AvgIpc) is 2.89. The highest BCUT2D eigenvalue weighted by Gasteiger charge is 2.16. The monoisotopic (exact) mass is 248 g/mol. The van der Waals surface area contributed by atoms with Crippen LogP contribution in [0, 0.1) is 0 Å². The van der Waals surface area contributed by atoms with Gasteiger partial charge in [0, 0.05) is 18.2 Å². The zero-order chi connectivity index (χ0) is 12.8. The van der Waals surface area contributed by atoms with E-state index in [2.05, 4.69) is 10.6 Å². The number of rotatable bonds is 4. The lowest BCUT2D eigenvalue weighted by molar-refractivity contribution is 0.236. The molecule has 1 aliphatic rings. The molecule has 1 aromatic carbocycles. The third kappa shape index (κ3) is 3.39. The molecule has 1 aromatic rings. The van der Waals surface area contributed by atoms with Crippen LogP contribution in [0.15, 0.2) is 24.3 Å². The molecule has 1 fully saturated rings. The van der Waals surface area contributed by atoms with Gasteiger partial charge in [-0.2, -0.15) is 0 Å². The van der Waals surface area contributed by atoms with Crippen molar-refractivity contribution in [3.05, 3.63) is 29.8 Å². The molecule has 0 atom stereocenters. The SMILES string of the molecule is COc1ccccc1CNC(=O)NC1CCCC1. The third-order valence-corrected chi connectivity index (χ3v) is 3.32. The summed E-state index contributed by atoms with van der Waals surface area (Å²) in [5.74, 6) is 0.804. The summed E-state index contributed by atoms with van der Waals surface area (Å²) in [7, 11) is 1.64. The van der Waals surface area contributed by atoms with Gasteiger partial charge in [0.2, 0.25) is 0 Å². The summed E-state index contributed by atoms with van der Waals surface area (Å²) < 4.78 is 5.24. The summed E-state index contributed by atoms with van der Waals surface area (Å²) in [5, 5.41) is 5.87. The molecule has 2 rings (SSSR count). The Hall–Kier alpha value is -1.71. The molecule has 1 aliphatic carbocycles. The Kier molecular flexibility index (Phi) is 4.45. The zero-order valence-electron chi connectivity index (χ0n) is 10.7. The van der Waals surface area contributed by atoms with Crippen molar-refractivity contribution in [2.45, 2.75) is 38.3 Å². The smallest absolute Gasteiger partial charge is 0.315 e. The van der Waals surface area contributed by atoms with E-state index < -0.39 is 0 Å². The Morgan fingerprint density at radius 1 is 1.33 bits per heavy atom. The van der Waals surface area contributed by atoms with Crippen LogP contribution in [0.3, 0.4) is 0 Å². The highest BCUT2D eigenvalue weighted by Crippen LogP contribution is 2.18. The molecule has 0 spiro atoms. The van der Waals surface area contributed by atoms with Crippen LogP contribution >= 0.6 is 0 Å². The lowest BCUT2D eigenvalue weighted by atomic mass is 10.2. The molecule has 98 valence electrons. The second kappa shape index (κ2) is 6.28. The fraction of sp³-hybridized carbons (Fsp3) is 0.500. The summed E-state index contributed by atoms with van der Waals surface area (Å²) in [6, 6.07) is 7.96. The maximum atomic E-state index is 11.7. The minimum absolute atomic E-state index is 0.0900. The first-order chi connectivity index (χ1) is 8.79. The van der Waals surface area contributed by atoms with Crippen LogP contribution in [0.1, 0.15) is 31.2 Å². The van der Waals surface area contributed by atoms with Gasteiger partial charge in [0.1, 0.15) is 5.75 Å². The van der Waals surface area contributed by atoms with Gasteiger partial charge in [-0.15, -0.1) is 0 Å². The van der Waals surface area contributed by atoms with E-state index in [0.29, 0.717) is 12.6 Å². The Balaban J connectivity index is 1.81. The molecule has 0 aliphatic heterocycles. The average molecular weight is 248 g/mol. The third-order valence-electron chi connectivity index (χ3n) is 3.32. The first-order valence-electron chi connectivity index (χ1n) is 6.46. The minimum Gasteiger partial charge on any atom is -0.496 e. The van der Waals surface area contributed by atoms with Crippen molar-refractivity contribution >= 4 is 6.03 Å². The maximum Gasteiger partial charge on any atom is 0.315 e. The first-order valence-corrected chi connectivity index (χ1v) is 6.46. The van der Waals surface area contributed by atoms with Gasteiger partial charge in [-0.3, -0.25) is 0 Å². The molecule has 0 heterocycles. The van der Waals surface area contributed by atoms with Gasteiger partial charge in [0.15, 0.2) is 0 Å². The Morgan fingerprint density at radius 2 is 2.06 bits per heavy atom. The number of hydrogen-bond acceptors (Lipinski definition) is 2. The summed E-state index contributed by atoms with van der Waals surface area (Å²) in [6.45, 7) is 0.489. The summed E-state index contributed by atoms with van der Waals surface area (Å²) in [4.78, 5) is 11.7. The van der Waals surface area contributed by atoms with Gasteiger partial charge in [0.25, 0.3) is 0 Å². The highest BCUT2D eigenvalue weighted by molar-refractivity contribution is 5.74. The van der Waals surface area contributed by atoms with Gasteiger partial charge in [-0.25, -0.2) is 4.79 Å². The topological polar surface area (TPSA) is 50.4 Å². The fourth-order valence-electron chi connectivity index (χ4n) is 2.33. The van der Waals surface area contributed by atoms with Gasteiger partial charge in [0.05, 0.1) is 7.11 Å². The number of benzene rings is 1. The fourth-order valence-corrected chi connectivity index (χ4v) is 2.33. The van der Waals surface area contributed by atoms with E-state index in [0.717, 1.165) is 24.2 Å². The van der Waals surface area contributed by atoms with Crippen LogP contribution in [-0.4, -0.2) is 19.2 Å². The first kappa shape index (κ1) is 12.7. The van der Waals surface area contributed by atoms with Crippen molar-refractivity contribution in [1.29, 1.82) is 0 Å². The van der Waals surface area contributed by atoms with E-state index in [4.69, 9.17) is 4.74 Å². The van der Waals surface area contributed by atoms with Crippen LogP contribution in [0.5, 0.6) is 5.75 Å². The van der Waals surface area contributed by atoms with E-state index in [-0.39, 0.29) is 6.03 Å². The van der Waals surface area contributed by atoms with E-state index in [1.165, 1.54) is 12.8 Å². The van der Waals surface area contributed by atoms with Crippen LogP contribution in [0.25, 0.3) is 0 Å². The van der Waals surface area contributed by atoms with Gasteiger partial charge in [-0.05, 0) is 18.9 Å². The molecule has 18 heavy (non-hydrogen) atoms. The molecule has 2 amide bonds. The Labute approximate surface area is 108 Å². The predicted octanol–water partition coefficient (Wildman–Crippen LogP) is 2.44. The van der Waals surface area contributed by atoms with Crippen molar-refractivity contribution in [3.8, 4) is 5.75 Å². The summed E-state index contributed by atoms with van der Waals surface area (Å²) >= 11 is 0. The molecular formula is C14H20N2O2. The normalized spacial score (nSPS) is 15.4. The van der Waals surface area contributed by atoms with Crippen LogP contribution in [0.4, 0.5) is 4.79 Å². The lowest BCUT2D eigenvalue weighted by Crippen LogP contribution is -2.40. The maximum absolute atomic E-state index is 11.7. The number of amides is 2. The summed E-state index contributed by atoms with van der Waals surface area (Å²) in [6.07, 6.45) is 4.64. The number of carbonyl (C=O) groups excluding carboxylic acids is 1. The molecule has 0 unspecified atom stereocenters. The van der Waals surface area contributed by atoms with E-state index >= 15 is 0 Å². The number of nitrogens with one attached hydrogen (secondary N) is 2. The van der Waals surface area contributed by atoms with Crippen LogP contribution in [0.2, 0.25) is 0 Å². The highest BCUT2D eigenvalue weighted by atomic mass is 16.5. The van der Waals surface area contributed by atoms with Crippen molar-refractivity contribution in [3.63, 3.8) is 0 Å². The molecule has 4 nitrogen and oxygen atoms in total. The van der Waals surface area contributed by atoms with E-state index in [1.54, 1.807) is 7.11 Å². The van der Waals surface area contributed by atoms with E-state index in [1.807, 2.05) is 24.3 Å². The van der Waals surface area contributed by atoms with Crippen molar-refractivity contribution < 1.29 is 9.53 Å². The number of methoxy groups -OCH3 is 1. The second-order valence-corrected chi connectivity index (χ2v) is 4.62. The minimum atomic E-state index is -0.0900. The second-order valence-electron chi connectivity index (χ2n) is 4.62. The molecule has 2 N–H and O–H groups in total. The van der Waals surface area contributed by atoms with Crippen LogP contribution in [-0.2, 0) is 6.54 Å². The molecule has 0 bridgehead atoms. The number of carbonyl (C=O) groups is 1. The molecule has 0 saturated heterocycles. The summed E-state index contributed by atoms with van der Waals surface area (Å²) in [5.41, 5.74) is 0.988. The molecular weight excluding hydrogens is 228 g/mol. The molecule has 4 heteroatoms. The van der Waals surface area contributed by atoms with Gasteiger partial charge < -0.3 is 15.4 Å². The molecule has 1 saturated carbocycles. The number of urea groups is 1. The lowest BCUT2D eigenvalue weighted by Gasteiger charge is -2.14. The van der Waals surface area contributed by atoms with Gasteiger partial charge >= 0.3 is 6.03 Å². The molecule has 0 aromatic heterocycles. The quantitative estimate of drug-likeness (QED) is 0.859. The van der Waals surface area contributed by atoms with Crippen LogP contribution < -0.4 is 15.4 Å². The largest absolute Gasteiger partial charge is 0.496 e.